The first kappa shape index (κ1) is 9.21. The molecule has 3 heteroatoms. The lowest BCUT2D eigenvalue weighted by molar-refractivity contribution is 0.475. The molecule has 0 aliphatic rings. The predicted octanol–water partition coefficient (Wildman–Crippen LogP) is 3.28. The van der Waals surface area contributed by atoms with Gasteiger partial charge in [0.2, 0.25) is 0 Å². The fraction of sp³-hybridized carbons (Fsp3) is 0.0909. The SMILES string of the molecule is Oc1ccc(SCc2ccco2)cc1. The number of hydrogen-bond acceptors (Lipinski definition) is 3. The van der Waals surface area contributed by atoms with Crippen LogP contribution < -0.4 is 0 Å². The number of phenols is 1. The monoisotopic (exact) mass is 206 g/mol. The maximum Gasteiger partial charge on any atom is 0.115 e. The van der Waals surface area contributed by atoms with Crippen LogP contribution in [0.25, 0.3) is 0 Å². The molecule has 0 spiro atoms. The Hall–Kier alpha value is -1.35. The van der Waals surface area contributed by atoms with Gasteiger partial charge in [-0.2, -0.15) is 0 Å². The van der Waals surface area contributed by atoms with E-state index in [2.05, 4.69) is 0 Å². The van der Waals surface area contributed by atoms with E-state index in [1.165, 1.54) is 0 Å². The number of benzene rings is 1. The fourth-order valence-corrected chi connectivity index (χ4v) is 1.89. The quantitative estimate of drug-likeness (QED) is 0.782. The molecule has 1 N–H and O–H groups in total. The van der Waals surface area contributed by atoms with E-state index < -0.39 is 0 Å². The van der Waals surface area contributed by atoms with Crippen molar-refractivity contribution in [3.63, 3.8) is 0 Å². The van der Waals surface area contributed by atoms with Gasteiger partial charge in [-0.3, -0.25) is 0 Å². The lowest BCUT2D eigenvalue weighted by Crippen LogP contribution is -1.75. The lowest BCUT2D eigenvalue weighted by atomic mass is 10.3. The van der Waals surface area contributed by atoms with Crippen molar-refractivity contribution in [2.75, 3.05) is 0 Å². The fourth-order valence-electron chi connectivity index (χ4n) is 1.09. The molecular formula is C11H10O2S. The summed E-state index contributed by atoms with van der Waals surface area (Å²) in [6, 6.07) is 11.0. The van der Waals surface area contributed by atoms with Gasteiger partial charge < -0.3 is 9.52 Å². The zero-order valence-corrected chi connectivity index (χ0v) is 8.33. The van der Waals surface area contributed by atoms with Crippen LogP contribution in [0.2, 0.25) is 0 Å². The zero-order valence-electron chi connectivity index (χ0n) is 7.51. The largest absolute Gasteiger partial charge is 0.508 e. The smallest absolute Gasteiger partial charge is 0.115 e. The van der Waals surface area contributed by atoms with Crippen molar-refractivity contribution in [3.05, 3.63) is 48.4 Å². The number of hydrogen-bond donors (Lipinski definition) is 1. The van der Waals surface area contributed by atoms with Gasteiger partial charge in [0.05, 0.1) is 12.0 Å². The van der Waals surface area contributed by atoms with Gasteiger partial charge in [-0.05, 0) is 36.4 Å². The number of thioether (sulfide) groups is 1. The summed E-state index contributed by atoms with van der Waals surface area (Å²) in [6.07, 6.45) is 1.67. The third kappa shape index (κ3) is 2.33. The summed E-state index contributed by atoms with van der Waals surface area (Å²) in [5, 5.41) is 9.08. The van der Waals surface area contributed by atoms with Crippen LogP contribution in [0.3, 0.4) is 0 Å². The van der Waals surface area contributed by atoms with Crippen molar-refractivity contribution >= 4 is 11.8 Å². The van der Waals surface area contributed by atoms with Crippen LogP contribution in [0.15, 0.2) is 52.0 Å². The van der Waals surface area contributed by atoms with Crippen LogP contribution in [-0.4, -0.2) is 5.11 Å². The van der Waals surface area contributed by atoms with Gasteiger partial charge in [-0.15, -0.1) is 11.8 Å². The molecule has 2 nitrogen and oxygen atoms in total. The van der Waals surface area contributed by atoms with Gasteiger partial charge >= 0.3 is 0 Å². The Morgan fingerprint density at radius 3 is 2.57 bits per heavy atom. The first-order chi connectivity index (χ1) is 6.84. The molecule has 1 heterocycles. The van der Waals surface area contributed by atoms with Crippen LogP contribution >= 0.6 is 11.8 Å². The van der Waals surface area contributed by atoms with Gasteiger partial charge in [-0.1, -0.05) is 0 Å². The minimum absolute atomic E-state index is 0.298. The Morgan fingerprint density at radius 2 is 1.93 bits per heavy atom. The van der Waals surface area contributed by atoms with Crippen LogP contribution in [0.1, 0.15) is 5.76 Å². The molecule has 2 rings (SSSR count). The molecule has 0 aliphatic heterocycles. The van der Waals surface area contributed by atoms with Crippen molar-refractivity contribution in [3.8, 4) is 5.75 Å². The first-order valence-corrected chi connectivity index (χ1v) is 5.27. The van der Waals surface area contributed by atoms with E-state index in [9.17, 15) is 0 Å². The summed E-state index contributed by atoms with van der Waals surface area (Å²) < 4.78 is 5.21. The molecule has 0 bridgehead atoms. The number of rotatable bonds is 3. The van der Waals surface area contributed by atoms with E-state index in [0.717, 1.165) is 16.4 Å². The maximum absolute atomic E-state index is 9.08. The van der Waals surface area contributed by atoms with Crippen LogP contribution in [0, 0.1) is 0 Å². The van der Waals surface area contributed by atoms with Gasteiger partial charge in [0.25, 0.3) is 0 Å². The highest BCUT2D eigenvalue weighted by molar-refractivity contribution is 7.98. The minimum Gasteiger partial charge on any atom is -0.508 e. The molecule has 0 saturated carbocycles. The van der Waals surface area contributed by atoms with E-state index in [1.807, 2.05) is 24.3 Å². The van der Waals surface area contributed by atoms with E-state index in [1.54, 1.807) is 30.2 Å². The molecule has 0 aliphatic carbocycles. The van der Waals surface area contributed by atoms with Gasteiger partial charge in [0, 0.05) is 4.90 Å². The highest BCUT2D eigenvalue weighted by Crippen LogP contribution is 2.24. The van der Waals surface area contributed by atoms with E-state index in [0.29, 0.717) is 5.75 Å². The summed E-state index contributed by atoms with van der Waals surface area (Å²) in [5.41, 5.74) is 0. The van der Waals surface area contributed by atoms with Gasteiger partial charge in [0.15, 0.2) is 0 Å². The van der Waals surface area contributed by atoms with Crippen LogP contribution in [0.4, 0.5) is 0 Å². The normalized spacial score (nSPS) is 10.3. The van der Waals surface area contributed by atoms with Gasteiger partial charge in [0.1, 0.15) is 11.5 Å². The number of phenolic OH excluding ortho intramolecular Hbond substituents is 1. The Labute approximate surface area is 86.6 Å². The van der Waals surface area contributed by atoms with Crippen molar-refractivity contribution in [1.82, 2.24) is 0 Å². The number of aromatic hydroxyl groups is 1. The van der Waals surface area contributed by atoms with E-state index in [-0.39, 0.29) is 0 Å². The second kappa shape index (κ2) is 4.24. The Morgan fingerprint density at radius 1 is 1.14 bits per heavy atom. The third-order valence-corrected chi connectivity index (χ3v) is 2.83. The van der Waals surface area contributed by atoms with Crippen molar-refractivity contribution < 1.29 is 9.52 Å². The molecule has 1 aromatic carbocycles. The summed E-state index contributed by atoms with van der Waals surface area (Å²) >= 11 is 1.68. The molecular weight excluding hydrogens is 196 g/mol. The van der Waals surface area contributed by atoms with Crippen molar-refractivity contribution in [2.24, 2.45) is 0 Å². The van der Waals surface area contributed by atoms with Crippen molar-refractivity contribution in [1.29, 1.82) is 0 Å². The molecule has 0 radical (unpaired) electrons. The minimum atomic E-state index is 0.298. The van der Waals surface area contributed by atoms with Crippen LogP contribution in [0.5, 0.6) is 5.75 Å². The molecule has 1 aromatic heterocycles. The maximum atomic E-state index is 9.08. The molecule has 14 heavy (non-hydrogen) atoms. The topological polar surface area (TPSA) is 33.4 Å². The second-order valence-electron chi connectivity index (χ2n) is 2.86. The first-order valence-electron chi connectivity index (χ1n) is 4.29. The predicted molar refractivity (Wildman–Crippen MR) is 56.4 cm³/mol. The Kier molecular flexibility index (Phi) is 2.79. The molecule has 0 amide bonds. The Bertz CT molecular complexity index is 378. The average molecular weight is 206 g/mol. The van der Waals surface area contributed by atoms with Gasteiger partial charge in [-0.25, -0.2) is 0 Å². The third-order valence-electron chi connectivity index (χ3n) is 1.80. The zero-order chi connectivity index (χ0) is 9.80. The molecule has 2 aromatic rings. The second-order valence-corrected chi connectivity index (χ2v) is 3.91. The summed E-state index contributed by atoms with van der Waals surface area (Å²) in [4.78, 5) is 1.12. The highest BCUT2D eigenvalue weighted by atomic mass is 32.2. The van der Waals surface area contributed by atoms with Crippen molar-refractivity contribution in [2.45, 2.75) is 10.6 Å². The molecule has 0 atom stereocenters. The molecule has 0 fully saturated rings. The molecule has 0 saturated heterocycles. The van der Waals surface area contributed by atoms with Crippen LogP contribution in [-0.2, 0) is 5.75 Å². The average Bonchev–Trinajstić information content (AvgIpc) is 2.70. The van der Waals surface area contributed by atoms with E-state index >= 15 is 0 Å². The summed E-state index contributed by atoms with van der Waals surface area (Å²) in [6.45, 7) is 0. The molecule has 0 unspecified atom stereocenters. The molecule has 72 valence electrons. The number of furan rings is 1. The Balaban J connectivity index is 1.95. The summed E-state index contributed by atoms with van der Waals surface area (Å²) in [5.74, 6) is 2.08. The summed E-state index contributed by atoms with van der Waals surface area (Å²) in [7, 11) is 0. The van der Waals surface area contributed by atoms with E-state index in [4.69, 9.17) is 9.52 Å². The standard InChI is InChI=1S/C11H10O2S/c12-9-3-5-11(6-4-9)14-8-10-2-1-7-13-10/h1-7,12H,8H2. The highest BCUT2D eigenvalue weighted by Gasteiger charge is 1.98. The lowest BCUT2D eigenvalue weighted by Gasteiger charge is -1.98.